The Morgan fingerprint density at radius 3 is 2.18 bits per heavy atom. The van der Waals surface area contributed by atoms with E-state index in [-0.39, 0.29) is 18.0 Å². The first-order valence-corrected chi connectivity index (χ1v) is 16.1. The third-order valence-electron chi connectivity index (χ3n) is 8.85. The Bertz CT molecular complexity index is 1650. The van der Waals surface area contributed by atoms with E-state index in [4.69, 9.17) is 11.6 Å². The van der Waals surface area contributed by atoms with Crippen molar-refractivity contribution in [2.24, 2.45) is 0 Å². The van der Waals surface area contributed by atoms with Crippen LogP contribution in [0.25, 0.3) is 33.4 Å². The predicted octanol–water partition coefficient (Wildman–Crippen LogP) is 4.87. The molecule has 2 aromatic heterocycles. The number of nitrogens with zero attached hydrogens (tertiary/aromatic N) is 5. The quantitative estimate of drug-likeness (QED) is 0.270. The molecule has 3 N–H and O–H groups in total. The summed E-state index contributed by atoms with van der Waals surface area (Å²) in [5, 5.41) is 7.26. The maximum atomic E-state index is 13.1. The number of piperazine rings is 1. The molecule has 0 spiro atoms. The Morgan fingerprint density at radius 2 is 1.51 bits per heavy atom. The standard InChI is InChI=1S/C34H41ClN8O2/c1-4-36-34(45)39-43-31(24-9-11-27(12-10-24)42-21-19-41(3)20-22-42)29(30-28(35)13-16-37-32(30)43)23-5-7-25(8-6-23)33(44)38-26-14-17-40(2)18-15-26/h5-13,16,26H,4,14-15,17-22H2,1-3H3,(H,38,44)(H2,36,39,45). The number of piperidine rings is 1. The van der Waals surface area contributed by atoms with Crippen LogP contribution >= 0.6 is 11.6 Å². The van der Waals surface area contributed by atoms with E-state index in [0.717, 1.165) is 85.6 Å². The van der Waals surface area contributed by atoms with Gasteiger partial charge in [0.05, 0.1) is 10.7 Å². The number of likely N-dealkylation sites (tertiary alicyclic amines) is 1. The van der Waals surface area contributed by atoms with Gasteiger partial charge in [0.1, 0.15) is 0 Å². The zero-order chi connectivity index (χ0) is 31.5. The number of rotatable bonds is 7. The van der Waals surface area contributed by atoms with E-state index in [1.165, 1.54) is 0 Å². The Morgan fingerprint density at radius 1 is 0.867 bits per heavy atom. The lowest BCUT2D eigenvalue weighted by Gasteiger charge is -2.34. The maximum Gasteiger partial charge on any atom is 0.333 e. The minimum absolute atomic E-state index is 0.0733. The number of aromatic nitrogens is 2. The van der Waals surface area contributed by atoms with Crippen LogP contribution in [0.15, 0.2) is 60.8 Å². The van der Waals surface area contributed by atoms with E-state index in [2.05, 4.69) is 74.1 Å². The van der Waals surface area contributed by atoms with Crippen molar-refractivity contribution in [3.8, 4) is 22.4 Å². The van der Waals surface area contributed by atoms with Crippen molar-refractivity contribution in [3.05, 3.63) is 71.4 Å². The van der Waals surface area contributed by atoms with E-state index in [9.17, 15) is 9.59 Å². The highest BCUT2D eigenvalue weighted by molar-refractivity contribution is 6.37. The Kier molecular flexibility index (Phi) is 9.25. The fraction of sp³-hybridized carbons (Fsp3) is 0.382. The van der Waals surface area contributed by atoms with Gasteiger partial charge in [0.2, 0.25) is 0 Å². The molecule has 4 aromatic rings. The lowest BCUT2D eigenvalue weighted by atomic mass is 9.97. The summed E-state index contributed by atoms with van der Waals surface area (Å²) in [6, 6.07) is 17.6. The van der Waals surface area contributed by atoms with Crippen LogP contribution in [0, 0.1) is 0 Å². The predicted molar refractivity (Wildman–Crippen MR) is 182 cm³/mol. The summed E-state index contributed by atoms with van der Waals surface area (Å²) < 4.78 is 1.72. The second-order valence-corrected chi connectivity index (χ2v) is 12.4. The second-order valence-electron chi connectivity index (χ2n) is 12.0. The van der Waals surface area contributed by atoms with Gasteiger partial charge < -0.3 is 25.3 Å². The monoisotopic (exact) mass is 628 g/mol. The molecule has 0 radical (unpaired) electrons. The molecule has 2 fully saturated rings. The van der Waals surface area contributed by atoms with Crippen molar-refractivity contribution in [1.82, 2.24) is 30.1 Å². The Hall–Kier alpha value is -4.12. The number of likely N-dealkylation sites (N-methyl/N-ethyl adjacent to an activating group) is 1. The van der Waals surface area contributed by atoms with Gasteiger partial charge in [-0.3, -0.25) is 4.79 Å². The summed E-state index contributed by atoms with van der Waals surface area (Å²) in [6.07, 6.45) is 3.53. The van der Waals surface area contributed by atoms with Crippen LogP contribution in [0.3, 0.4) is 0 Å². The van der Waals surface area contributed by atoms with E-state index in [0.29, 0.717) is 22.8 Å². The van der Waals surface area contributed by atoms with Gasteiger partial charge in [-0.25, -0.2) is 19.9 Å². The molecule has 4 heterocycles. The third kappa shape index (κ3) is 6.63. The molecule has 0 unspecified atom stereocenters. The maximum absolute atomic E-state index is 13.1. The van der Waals surface area contributed by atoms with Crippen LogP contribution in [-0.2, 0) is 0 Å². The van der Waals surface area contributed by atoms with Gasteiger partial charge in [-0.15, -0.1) is 0 Å². The molecule has 11 heteroatoms. The topological polar surface area (TPSA) is 97.8 Å². The van der Waals surface area contributed by atoms with Gasteiger partial charge in [0, 0.05) is 72.7 Å². The molecule has 0 atom stereocenters. The van der Waals surface area contributed by atoms with Gasteiger partial charge in [-0.1, -0.05) is 35.9 Å². The Balaban J connectivity index is 1.40. The summed E-state index contributed by atoms with van der Waals surface area (Å²) in [5.41, 5.74) is 8.63. The number of hydrogen-bond donors (Lipinski definition) is 3. The number of hydrogen-bond acceptors (Lipinski definition) is 6. The van der Waals surface area contributed by atoms with Crippen molar-refractivity contribution >= 4 is 40.3 Å². The first-order chi connectivity index (χ1) is 21.8. The summed E-state index contributed by atoms with van der Waals surface area (Å²) in [5.74, 6) is -0.0733. The average Bonchev–Trinajstić information content (AvgIpc) is 3.37. The highest BCUT2D eigenvalue weighted by Gasteiger charge is 2.25. The van der Waals surface area contributed by atoms with Gasteiger partial charge >= 0.3 is 6.03 Å². The molecule has 2 aliphatic heterocycles. The number of halogens is 1. The van der Waals surface area contributed by atoms with Gasteiger partial charge in [0.15, 0.2) is 5.65 Å². The van der Waals surface area contributed by atoms with Gasteiger partial charge in [-0.05, 0) is 82.8 Å². The molecule has 236 valence electrons. The summed E-state index contributed by atoms with van der Waals surface area (Å²) in [6.45, 7) is 8.28. The number of carbonyl (C=O) groups excluding carboxylic acids is 2. The highest BCUT2D eigenvalue weighted by atomic mass is 35.5. The molecule has 3 amide bonds. The van der Waals surface area contributed by atoms with Crippen LogP contribution in [0.2, 0.25) is 5.02 Å². The molecule has 10 nitrogen and oxygen atoms in total. The van der Waals surface area contributed by atoms with Gasteiger partial charge in [0.25, 0.3) is 5.91 Å². The fourth-order valence-electron chi connectivity index (χ4n) is 6.23. The van der Waals surface area contributed by atoms with Crippen LogP contribution in [0.5, 0.6) is 0 Å². The van der Waals surface area contributed by atoms with Crippen LogP contribution in [0.1, 0.15) is 30.1 Å². The molecule has 2 saturated heterocycles. The minimum atomic E-state index is -0.348. The molecule has 45 heavy (non-hydrogen) atoms. The number of anilines is 1. The molecule has 0 aliphatic carbocycles. The van der Waals surface area contributed by atoms with Crippen LogP contribution in [-0.4, -0.2) is 97.3 Å². The van der Waals surface area contributed by atoms with Crippen molar-refractivity contribution in [2.75, 3.05) is 70.2 Å². The Labute approximate surface area is 269 Å². The summed E-state index contributed by atoms with van der Waals surface area (Å²) in [4.78, 5) is 37.7. The molecule has 0 saturated carbocycles. The largest absolute Gasteiger partial charge is 0.369 e. The first kappa shape index (κ1) is 30.9. The summed E-state index contributed by atoms with van der Waals surface area (Å²) in [7, 11) is 4.26. The average molecular weight is 629 g/mol. The van der Waals surface area contributed by atoms with Crippen LogP contribution in [0.4, 0.5) is 10.5 Å². The number of urea groups is 1. The van der Waals surface area contributed by atoms with Crippen LogP contribution < -0.4 is 21.0 Å². The first-order valence-electron chi connectivity index (χ1n) is 15.7. The molecule has 2 aliphatic rings. The van der Waals surface area contributed by atoms with E-state index in [1.807, 2.05) is 31.2 Å². The van der Waals surface area contributed by atoms with E-state index in [1.54, 1.807) is 16.9 Å². The number of nitrogens with one attached hydrogen (secondary N) is 3. The number of amides is 3. The van der Waals surface area contributed by atoms with E-state index < -0.39 is 0 Å². The smallest absolute Gasteiger partial charge is 0.333 e. The molecular formula is C34H41ClN8O2. The van der Waals surface area contributed by atoms with Crippen molar-refractivity contribution in [2.45, 2.75) is 25.8 Å². The zero-order valence-electron chi connectivity index (χ0n) is 26.1. The fourth-order valence-corrected chi connectivity index (χ4v) is 6.47. The zero-order valence-corrected chi connectivity index (χ0v) is 26.9. The third-order valence-corrected chi connectivity index (χ3v) is 9.17. The number of carbonyl (C=O) groups is 2. The second kappa shape index (κ2) is 13.5. The number of pyridine rings is 1. The number of benzene rings is 2. The lowest BCUT2D eigenvalue weighted by molar-refractivity contribution is 0.0917. The van der Waals surface area contributed by atoms with Crippen molar-refractivity contribution < 1.29 is 9.59 Å². The van der Waals surface area contributed by atoms with Crippen molar-refractivity contribution in [1.29, 1.82) is 0 Å². The highest BCUT2D eigenvalue weighted by Crippen LogP contribution is 2.43. The lowest BCUT2D eigenvalue weighted by Crippen LogP contribution is -2.44. The minimum Gasteiger partial charge on any atom is -0.369 e. The summed E-state index contributed by atoms with van der Waals surface area (Å²) >= 11 is 6.86. The molecule has 2 aromatic carbocycles. The normalized spacial score (nSPS) is 16.6. The molecule has 0 bridgehead atoms. The SMILES string of the molecule is CCNC(=O)Nn1c(-c2ccc(N3CCN(C)CC3)cc2)c(-c2ccc(C(=O)NC3CCN(C)CC3)cc2)c2c(Cl)ccnc21. The molecular weight excluding hydrogens is 588 g/mol. The van der Waals surface area contributed by atoms with Crippen molar-refractivity contribution in [3.63, 3.8) is 0 Å². The van der Waals surface area contributed by atoms with E-state index >= 15 is 0 Å². The molecule has 6 rings (SSSR count). The van der Waals surface area contributed by atoms with Gasteiger partial charge in [-0.2, -0.15) is 0 Å². The number of fused-ring (bicyclic) bond motifs is 1.